The first-order valence-electron chi connectivity index (χ1n) is 4.46. The van der Waals surface area contributed by atoms with Gasteiger partial charge in [0.05, 0.1) is 0 Å². The number of hydrogen-bond acceptors (Lipinski definition) is 0. The van der Waals surface area contributed by atoms with Crippen LogP contribution in [0.4, 0.5) is 0 Å². The fraction of sp³-hybridized carbons (Fsp3) is 0.800. The van der Waals surface area contributed by atoms with Gasteiger partial charge in [0.2, 0.25) is 0 Å². The summed E-state index contributed by atoms with van der Waals surface area (Å²) in [6.07, 6.45) is 9.67. The minimum absolute atomic E-state index is 0.904. The Bertz CT molecular complexity index is 82.0. The van der Waals surface area contributed by atoms with Crippen molar-refractivity contribution >= 4 is 0 Å². The Balaban J connectivity index is 3.10. The van der Waals surface area contributed by atoms with Gasteiger partial charge < -0.3 is 0 Å². The van der Waals surface area contributed by atoms with Gasteiger partial charge in [-0.05, 0) is 25.2 Å². The highest BCUT2D eigenvalue weighted by atomic mass is 14.0. The van der Waals surface area contributed by atoms with E-state index in [9.17, 15) is 0 Å². The molecule has 0 amide bonds. The van der Waals surface area contributed by atoms with Gasteiger partial charge in [0.15, 0.2) is 0 Å². The van der Waals surface area contributed by atoms with Crippen LogP contribution in [0.3, 0.4) is 0 Å². The van der Waals surface area contributed by atoms with Crippen molar-refractivity contribution in [1.82, 2.24) is 0 Å². The molecule has 0 radical (unpaired) electrons. The van der Waals surface area contributed by atoms with Crippen molar-refractivity contribution in [1.29, 1.82) is 0 Å². The monoisotopic (exact) mass is 140 g/mol. The Hall–Kier alpha value is -0.260. The van der Waals surface area contributed by atoms with Gasteiger partial charge in [0.25, 0.3) is 0 Å². The molecular formula is C10H20. The second-order valence-corrected chi connectivity index (χ2v) is 2.97. The molecule has 0 aliphatic heterocycles. The summed E-state index contributed by atoms with van der Waals surface area (Å²) >= 11 is 0. The van der Waals surface area contributed by atoms with Crippen LogP contribution in [0.2, 0.25) is 0 Å². The molecule has 0 aliphatic carbocycles. The Morgan fingerprint density at radius 1 is 1.20 bits per heavy atom. The standard InChI is InChI=1S/C10H20/c1-4-6-7-8-9-10(3)5-2/h6-7,10H,4-5,8-9H2,1-3H3/b7-6+. The van der Waals surface area contributed by atoms with Crippen LogP contribution in [0.25, 0.3) is 0 Å². The van der Waals surface area contributed by atoms with Crippen LogP contribution in [-0.4, -0.2) is 0 Å². The molecule has 1 atom stereocenters. The topological polar surface area (TPSA) is 0 Å². The van der Waals surface area contributed by atoms with E-state index in [1.807, 2.05) is 0 Å². The maximum absolute atomic E-state index is 2.32. The molecule has 60 valence electrons. The van der Waals surface area contributed by atoms with Crippen molar-refractivity contribution in [3.05, 3.63) is 12.2 Å². The van der Waals surface area contributed by atoms with E-state index in [-0.39, 0.29) is 0 Å². The van der Waals surface area contributed by atoms with Gasteiger partial charge in [-0.25, -0.2) is 0 Å². The van der Waals surface area contributed by atoms with Gasteiger partial charge in [-0.1, -0.05) is 39.3 Å². The predicted molar refractivity (Wildman–Crippen MR) is 48.1 cm³/mol. The SMILES string of the molecule is CC/C=C/CCC(C)CC. The maximum Gasteiger partial charge on any atom is -0.0348 e. The van der Waals surface area contributed by atoms with E-state index in [1.165, 1.54) is 25.7 Å². The molecular weight excluding hydrogens is 120 g/mol. The zero-order chi connectivity index (χ0) is 7.82. The quantitative estimate of drug-likeness (QED) is 0.510. The van der Waals surface area contributed by atoms with Crippen molar-refractivity contribution in [2.75, 3.05) is 0 Å². The second kappa shape index (κ2) is 6.85. The number of hydrogen-bond donors (Lipinski definition) is 0. The second-order valence-electron chi connectivity index (χ2n) is 2.97. The van der Waals surface area contributed by atoms with E-state index in [2.05, 4.69) is 32.9 Å². The first-order chi connectivity index (χ1) is 4.81. The molecule has 0 saturated heterocycles. The Morgan fingerprint density at radius 3 is 2.40 bits per heavy atom. The lowest BCUT2D eigenvalue weighted by Crippen LogP contribution is -1.89. The molecule has 0 heteroatoms. The highest BCUT2D eigenvalue weighted by Crippen LogP contribution is 2.09. The number of allylic oxidation sites excluding steroid dienone is 2. The average Bonchev–Trinajstić information content (AvgIpc) is 1.98. The first-order valence-corrected chi connectivity index (χ1v) is 4.46. The molecule has 10 heavy (non-hydrogen) atoms. The summed E-state index contributed by atoms with van der Waals surface area (Å²) in [5.74, 6) is 0.904. The largest absolute Gasteiger partial charge is 0.0888 e. The predicted octanol–water partition coefficient (Wildman–Crippen LogP) is 3.78. The van der Waals surface area contributed by atoms with Crippen molar-refractivity contribution in [3.8, 4) is 0 Å². The summed E-state index contributed by atoms with van der Waals surface area (Å²) in [5.41, 5.74) is 0. The van der Waals surface area contributed by atoms with Crippen LogP contribution in [-0.2, 0) is 0 Å². The van der Waals surface area contributed by atoms with E-state index in [0.717, 1.165) is 5.92 Å². The maximum atomic E-state index is 2.32. The average molecular weight is 140 g/mol. The van der Waals surface area contributed by atoms with Crippen LogP contribution < -0.4 is 0 Å². The van der Waals surface area contributed by atoms with E-state index >= 15 is 0 Å². The molecule has 0 fully saturated rings. The minimum Gasteiger partial charge on any atom is -0.0888 e. The zero-order valence-corrected chi connectivity index (χ0v) is 7.56. The van der Waals surface area contributed by atoms with Crippen molar-refractivity contribution in [3.63, 3.8) is 0 Å². The summed E-state index contributed by atoms with van der Waals surface area (Å²) in [5, 5.41) is 0. The molecule has 0 aromatic rings. The van der Waals surface area contributed by atoms with Crippen LogP contribution in [0.5, 0.6) is 0 Å². The third kappa shape index (κ3) is 5.87. The Morgan fingerprint density at radius 2 is 1.90 bits per heavy atom. The van der Waals surface area contributed by atoms with Crippen LogP contribution in [0.1, 0.15) is 46.5 Å². The summed E-state index contributed by atoms with van der Waals surface area (Å²) in [4.78, 5) is 0. The fourth-order valence-corrected chi connectivity index (χ4v) is 0.869. The summed E-state index contributed by atoms with van der Waals surface area (Å²) in [6, 6.07) is 0. The fourth-order valence-electron chi connectivity index (χ4n) is 0.869. The third-order valence-corrected chi connectivity index (χ3v) is 1.93. The molecule has 1 unspecified atom stereocenters. The van der Waals surface area contributed by atoms with Gasteiger partial charge >= 0.3 is 0 Å². The van der Waals surface area contributed by atoms with E-state index in [4.69, 9.17) is 0 Å². The molecule has 0 aromatic heterocycles. The van der Waals surface area contributed by atoms with Gasteiger partial charge in [-0.2, -0.15) is 0 Å². The van der Waals surface area contributed by atoms with Crippen LogP contribution >= 0.6 is 0 Å². The van der Waals surface area contributed by atoms with E-state index in [0.29, 0.717) is 0 Å². The lowest BCUT2D eigenvalue weighted by molar-refractivity contribution is 0.521. The molecule has 0 N–H and O–H groups in total. The molecule has 0 aliphatic rings. The van der Waals surface area contributed by atoms with Gasteiger partial charge in [-0.3, -0.25) is 0 Å². The van der Waals surface area contributed by atoms with Crippen LogP contribution in [0.15, 0.2) is 12.2 Å². The minimum atomic E-state index is 0.904. The summed E-state index contributed by atoms with van der Waals surface area (Å²) in [7, 11) is 0. The van der Waals surface area contributed by atoms with Crippen molar-refractivity contribution in [2.24, 2.45) is 5.92 Å². The lowest BCUT2D eigenvalue weighted by atomic mass is 10.0. The molecule has 0 heterocycles. The smallest absolute Gasteiger partial charge is 0.0348 e. The summed E-state index contributed by atoms with van der Waals surface area (Å²) < 4.78 is 0. The molecule has 0 rings (SSSR count). The third-order valence-electron chi connectivity index (χ3n) is 1.93. The van der Waals surface area contributed by atoms with Gasteiger partial charge in [0.1, 0.15) is 0 Å². The van der Waals surface area contributed by atoms with E-state index in [1.54, 1.807) is 0 Å². The highest BCUT2D eigenvalue weighted by Gasteiger charge is 1.94. The van der Waals surface area contributed by atoms with E-state index < -0.39 is 0 Å². The summed E-state index contributed by atoms with van der Waals surface area (Å²) in [6.45, 7) is 6.76. The normalized spacial score (nSPS) is 14.3. The van der Waals surface area contributed by atoms with Gasteiger partial charge in [0, 0.05) is 0 Å². The molecule has 0 aromatic carbocycles. The molecule has 0 spiro atoms. The first kappa shape index (κ1) is 9.74. The number of rotatable bonds is 5. The van der Waals surface area contributed by atoms with Crippen LogP contribution in [0, 0.1) is 5.92 Å². The molecule has 0 saturated carbocycles. The van der Waals surface area contributed by atoms with Crippen molar-refractivity contribution < 1.29 is 0 Å². The molecule has 0 nitrogen and oxygen atoms in total. The van der Waals surface area contributed by atoms with Gasteiger partial charge in [-0.15, -0.1) is 0 Å². The zero-order valence-electron chi connectivity index (χ0n) is 7.56. The van der Waals surface area contributed by atoms with Crippen molar-refractivity contribution in [2.45, 2.75) is 46.5 Å². The Labute approximate surface area is 65.3 Å². The molecule has 0 bridgehead atoms. The highest BCUT2D eigenvalue weighted by molar-refractivity contribution is 4.80. The lowest BCUT2D eigenvalue weighted by Gasteiger charge is -2.03. The Kier molecular flexibility index (Phi) is 6.68.